The van der Waals surface area contributed by atoms with Crippen molar-refractivity contribution >= 4 is 23.5 Å². The first-order valence-electron chi connectivity index (χ1n) is 11.7. The Balaban J connectivity index is 1.43. The van der Waals surface area contributed by atoms with Crippen LogP contribution in [0.2, 0.25) is 5.02 Å². The fourth-order valence-electron chi connectivity index (χ4n) is 5.78. The van der Waals surface area contributed by atoms with Crippen molar-refractivity contribution in [2.24, 2.45) is 17.3 Å². The van der Waals surface area contributed by atoms with E-state index in [4.69, 9.17) is 16.3 Å². The summed E-state index contributed by atoms with van der Waals surface area (Å²) in [6.07, 6.45) is 5.65. The van der Waals surface area contributed by atoms with Crippen LogP contribution in [0.5, 0.6) is 0 Å². The van der Waals surface area contributed by atoms with Crippen LogP contribution in [0.1, 0.15) is 87.2 Å². The maximum absolute atomic E-state index is 12.9. The third kappa shape index (κ3) is 4.79. The first kappa shape index (κ1) is 23.7. The number of amides is 1. The van der Waals surface area contributed by atoms with Crippen LogP contribution < -0.4 is 5.32 Å². The first-order valence-corrected chi connectivity index (χ1v) is 12.1. The van der Waals surface area contributed by atoms with Gasteiger partial charge in [0.15, 0.2) is 5.69 Å². The second-order valence-corrected chi connectivity index (χ2v) is 11.2. The van der Waals surface area contributed by atoms with Gasteiger partial charge in [0.2, 0.25) is 0 Å². The van der Waals surface area contributed by atoms with E-state index in [0.29, 0.717) is 22.4 Å². The van der Waals surface area contributed by atoms with Crippen molar-refractivity contribution in [3.05, 3.63) is 46.7 Å². The van der Waals surface area contributed by atoms with E-state index in [1.807, 2.05) is 25.5 Å². The molecular formula is C25H33ClN4O3. The average Bonchev–Trinajstić information content (AvgIpc) is 3.45. The molecule has 33 heavy (non-hydrogen) atoms. The monoisotopic (exact) mass is 472 g/mol. The van der Waals surface area contributed by atoms with Crippen LogP contribution in [0, 0.1) is 17.3 Å². The number of aromatic nitrogens is 3. The van der Waals surface area contributed by atoms with E-state index in [1.165, 1.54) is 0 Å². The number of benzene rings is 1. The van der Waals surface area contributed by atoms with Crippen molar-refractivity contribution in [1.29, 1.82) is 0 Å². The third-order valence-electron chi connectivity index (χ3n) is 7.37. The van der Waals surface area contributed by atoms with E-state index in [9.17, 15) is 9.59 Å². The van der Waals surface area contributed by atoms with Crippen molar-refractivity contribution in [3.63, 3.8) is 0 Å². The van der Waals surface area contributed by atoms with Crippen LogP contribution in [0.25, 0.3) is 0 Å². The zero-order valence-electron chi connectivity index (χ0n) is 20.0. The highest BCUT2D eigenvalue weighted by Crippen LogP contribution is 2.61. The molecule has 2 bridgehead atoms. The minimum absolute atomic E-state index is 0.0204. The molecule has 178 valence electrons. The summed E-state index contributed by atoms with van der Waals surface area (Å²) < 4.78 is 7.26. The Labute approximate surface area is 200 Å². The topological polar surface area (TPSA) is 86.1 Å². The van der Waals surface area contributed by atoms with Crippen molar-refractivity contribution < 1.29 is 14.3 Å². The van der Waals surface area contributed by atoms with E-state index < -0.39 is 11.6 Å². The summed E-state index contributed by atoms with van der Waals surface area (Å²) in [4.78, 5) is 25.2. The predicted molar refractivity (Wildman–Crippen MR) is 126 cm³/mol. The van der Waals surface area contributed by atoms with Gasteiger partial charge in [-0.3, -0.25) is 4.79 Å². The van der Waals surface area contributed by atoms with E-state index >= 15 is 0 Å². The fourth-order valence-corrected chi connectivity index (χ4v) is 5.91. The fraction of sp³-hybridized carbons (Fsp3) is 0.600. The number of nitrogens with zero attached hydrogens (tertiary/aromatic N) is 3. The number of hydrogen-bond donors (Lipinski definition) is 1. The number of ether oxygens (including phenoxy) is 1. The minimum atomic E-state index is -0.569. The molecule has 8 heteroatoms. The number of rotatable bonds is 6. The number of nitrogens with one attached hydrogen (secondary N) is 1. The predicted octanol–water partition coefficient (Wildman–Crippen LogP) is 5.07. The number of esters is 1. The van der Waals surface area contributed by atoms with E-state index in [2.05, 4.69) is 29.5 Å². The van der Waals surface area contributed by atoms with Crippen LogP contribution >= 0.6 is 11.6 Å². The summed E-state index contributed by atoms with van der Waals surface area (Å²) in [6.45, 7) is 9.94. The van der Waals surface area contributed by atoms with Crippen LogP contribution in [0.4, 0.5) is 0 Å². The lowest BCUT2D eigenvalue weighted by atomic mass is 9.67. The molecule has 4 rings (SSSR count). The van der Waals surface area contributed by atoms with Gasteiger partial charge in [0.1, 0.15) is 5.60 Å². The molecule has 0 saturated heterocycles. The van der Waals surface area contributed by atoms with Gasteiger partial charge in [-0.2, -0.15) is 0 Å². The zero-order valence-corrected chi connectivity index (χ0v) is 20.7. The van der Waals surface area contributed by atoms with Crippen molar-refractivity contribution in [2.45, 2.75) is 78.0 Å². The second kappa shape index (κ2) is 8.75. The summed E-state index contributed by atoms with van der Waals surface area (Å²) in [6, 6.07) is 7.31. The minimum Gasteiger partial charge on any atom is -0.455 e. The van der Waals surface area contributed by atoms with Crippen LogP contribution in [0.15, 0.2) is 30.5 Å². The molecule has 2 aliphatic carbocycles. The quantitative estimate of drug-likeness (QED) is 0.593. The van der Waals surface area contributed by atoms with Crippen molar-refractivity contribution in [3.8, 4) is 0 Å². The highest BCUT2D eigenvalue weighted by Gasteiger charge is 2.56. The van der Waals surface area contributed by atoms with Crippen LogP contribution in [0.3, 0.4) is 0 Å². The van der Waals surface area contributed by atoms with Crippen molar-refractivity contribution in [2.75, 3.05) is 0 Å². The molecule has 2 aliphatic rings. The SMILES string of the molecule is CCC(NC(=O)c1ccc(Cl)cc1)C1(C)CC2C[C@H]1C[C@H]2n1cc(C(=O)OC(C)(C)C)nn1. The molecule has 1 amide bonds. The molecular weight excluding hydrogens is 440 g/mol. The number of carbonyl (C=O) groups excluding carboxylic acids is 2. The smallest absolute Gasteiger partial charge is 0.361 e. The molecule has 2 saturated carbocycles. The Morgan fingerprint density at radius 1 is 1.27 bits per heavy atom. The Morgan fingerprint density at radius 2 is 1.97 bits per heavy atom. The van der Waals surface area contributed by atoms with Crippen LogP contribution in [-0.4, -0.2) is 38.5 Å². The lowest BCUT2D eigenvalue weighted by Gasteiger charge is -2.43. The molecule has 1 aromatic carbocycles. The van der Waals surface area contributed by atoms with E-state index in [0.717, 1.165) is 25.7 Å². The van der Waals surface area contributed by atoms with Gasteiger partial charge in [0, 0.05) is 16.6 Å². The Bertz CT molecular complexity index is 1030. The standard InChI is InChI=1S/C25H33ClN4O3/c1-6-21(27-22(31)15-7-9-18(26)10-8-15)25(5)13-16-11-17(25)12-20(16)30-14-19(28-29-30)23(32)33-24(2,3)4/h7-10,14,16-17,20-21H,6,11-13H2,1-5H3,(H,27,31)/t16?,17-,20+,21?,25?/m0/s1. The molecule has 1 heterocycles. The number of hydrogen-bond acceptors (Lipinski definition) is 5. The molecule has 2 fully saturated rings. The molecule has 1 aromatic heterocycles. The Hall–Kier alpha value is -2.41. The normalized spacial score (nSPS) is 27.4. The summed E-state index contributed by atoms with van der Waals surface area (Å²) in [5.74, 6) is 0.405. The zero-order chi connectivity index (χ0) is 24.0. The van der Waals surface area contributed by atoms with Gasteiger partial charge in [-0.25, -0.2) is 9.48 Å². The lowest BCUT2D eigenvalue weighted by molar-refractivity contribution is 0.00625. The van der Waals surface area contributed by atoms with Gasteiger partial charge in [0.25, 0.3) is 5.91 Å². The first-order chi connectivity index (χ1) is 15.5. The second-order valence-electron chi connectivity index (χ2n) is 10.7. The highest BCUT2D eigenvalue weighted by atomic mass is 35.5. The number of halogens is 1. The number of fused-ring (bicyclic) bond motifs is 2. The van der Waals surface area contributed by atoms with Gasteiger partial charge in [-0.1, -0.05) is 30.7 Å². The van der Waals surface area contributed by atoms with Crippen LogP contribution in [-0.2, 0) is 4.74 Å². The van der Waals surface area contributed by atoms with Gasteiger partial charge in [-0.05, 0) is 88.0 Å². The maximum atomic E-state index is 12.9. The van der Waals surface area contributed by atoms with Crippen molar-refractivity contribution in [1.82, 2.24) is 20.3 Å². The molecule has 3 unspecified atom stereocenters. The Morgan fingerprint density at radius 3 is 2.55 bits per heavy atom. The summed E-state index contributed by atoms with van der Waals surface area (Å²) in [7, 11) is 0. The summed E-state index contributed by atoms with van der Waals surface area (Å²) in [5, 5.41) is 12.2. The van der Waals surface area contributed by atoms with Gasteiger partial charge < -0.3 is 10.1 Å². The molecule has 2 aromatic rings. The van der Waals surface area contributed by atoms with E-state index in [-0.39, 0.29) is 29.1 Å². The molecule has 7 nitrogen and oxygen atoms in total. The molecule has 0 radical (unpaired) electrons. The maximum Gasteiger partial charge on any atom is 0.361 e. The number of carbonyl (C=O) groups is 2. The molecule has 0 aliphatic heterocycles. The Kier molecular flexibility index (Phi) is 6.29. The lowest BCUT2D eigenvalue weighted by Crippen LogP contribution is -2.49. The third-order valence-corrected chi connectivity index (χ3v) is 7.62. The molecule has 5 atom stereocenters. The molecule has 0 spiro atoms. The summed E-state index contributed by atoms with van der Waals surface area (Å²) >= 11 is 5.96. The largest absolute Gasteiger partial charge is 0.455 e. The molecule has 1 N–H and O–H groups in total. The van der Waals surface area contributed by atoms with E-state index in [1.54, 1.807) is 30.5 Å². The van der Waals surface area contributed by atoms with Gasteiger partial charge >= 0.3 is 5.97 Å². The van der Waals surface area contributed by atoms with Gasteiger partial charge in [0.05, 0.1) is 12.2 Å². The summed E-state index contributed by atoms with van der Waals surface area (Å²) in [5.41, 5.74) is 0.324. The average molecular weight is 473 g/mol. The highest BCUT2D eigenvalue weighted by molar-refractivity contribution is 6.30. The van der Waals surface area contributed by atoms with Gasteiger partial charge in [-0.15, -0.1) is 5.10 Å².